The smallest absolute Gasteiger partial charge is 0.326 e. The van der Waals surface area contributed by atoms with Crippen molar-refractivity contribution in [2.24, 2.45) is 0 Å². The van der Waals surface area contributed by atoms with Gasteiger partial charge in [-0.3, -0.25) is 4.90 Å². The summed E-state index contributed by atoms with van der Waals surface area (Å²) in [4.78, 5) is 17.0. The second kappa shape index (κ2) is 6.17. The fraction of sp³-hybridized carbons (Fsp3) is 0.316. The third kappa shape index (κ3) is 2.71. The number of fused-ring (bicyclic) bond motifs is 2. The SMILES string of the molecule is CN1CCC(NC(=O)N2c3ccccc3Oc3ccccc32)CC1. The maximum Gasteiger partial charge on any atom is 0.326 e. The number of piperidine rings is 1. The zero-order valence-corrected chi connectivity index (χ0v) is 13.7. The topological polar surface area (TPSA) is 44.8 Å². The molecule has 2 aromatic carbocycles. The monoisotopic (exact) mass is 323 g/mol. The van der Waals surface area contributed by atoms with Crippen LogP contribution in [0.3, 0.4) is 0 Å². The zero-order chi connectivity index (χ0) is 16.5. The number of hydrogen-bond donors (Lipinski definition) is 1. The highest BCUT2D eigenvalue weighted by Crippen LogP contribution is 2.46. The summed E-state index contributed by atoms with van der Waals surface area (Å²) in [6.45, 7) is 2.03. The molecule has 0 bridgehead atoms. The summed E-state index contributed by atoms with van der Waals surface area (Å²) in [5, 5.41) is 3.20. The fourth-order valence-corrected chi connectivity index (χ4v) is 3.32. The Kier molecular flexibility index (Phi) is 3.86. The molecule has 2 aromatic rings. The second-order valence-electron chi connectivity index (χ2n) is 6.40. The van der Waals surface area contributed by atoms with Gasteiger partial charge in [-0.25, -0.2) is 4.79 Å². The third-order valence-corrected chi connectivity index (χ3v) is 4.68. The summed E-state index contributed by atoms with van der Waals surface area (Å²) in [5.41, 5.74) is 1.56. The molecule has 0 unspecified atom stereocenters. The molecule has 124 valence electrons. The average Bonchev–Trinajstić information content (AvgIpc) is 2.61. The second-order valence-corrected chi connectivity index (χ2v) is 6.40. The van der Waals surface area contributed by atoms with Crippen LogP contribution < -0.4 is 15.0 Å². The van der Waals surface area contributed by atoms with E-state index in [2.05, 4.69) is 17.3 Å². The molecule has 1 fully saturated rings. The molecule has 0 radical (unpaired) electrons. The number of ether oxygens (including phenoxy) is 1. The lowest BCUT2D eigenvalue weighted by Crippen LogP contribution is -2.48. The van der Waals surface area contributed by atoms with Crippen molar-refractivity contribution in [3.63, 3.8) is 0 Å². The number of para-hydroxylation sites is 4. The Morgan fingerprint density at radius 2 is 1.54 bits per heavy atom. The molecule has 24 heavy (non-hydrogen) atoms. The number of amides is 2. The Morgan fingerprint density at radius 1 is 1.00 bits per heavy atom. The van der Waals surface area contributed by atoms with Gasteiger partial charge in [0, 0.05) is 6.04 Å². The van der Waals surface area contributed by atoms with Crippen molar-refractivity contribution in [1.82, 2.24) is 10.2 Å². The van der Waals surface area contributed by atoms with Gasteiger partial charge in [0.05, 0.1) is 11.4 Å². The highest BCUT2D eigenvalue weighted by Gasteiger charge is 2.30. The number of carbonyl (C=O) groups is 1. The number of hydrogen-bond acceptors (Lipinski definition) is 3. The van der Waals surface area contributed by atoms with E-state index in [-0.39, 0.29) is 12.1 Å². The van der Waals surface area contributed by atoms with E-state index in [0.717, 1.165) is 37.3 Å². The van der Waals surface area contributed by atoms with Crippen LogP contribution >= 0.6 is 0 Å². The van der Waals surface area contributed by atoms with Crippen LogP contribution in [0.4, 0.5) is 16.2 Å². The van der Waals surface area contributed by atoms with Gasteiger partial charge in [0.2, 0.25) is 0 Å². The van der Waals surface area contributed by atoms with Gasteiger partial charge < -0.3 is 15.0 Å². The molecule has 1 N–H and O–H groups in total. The van der Waals surface area contributed by atoms with E-state index in [9.17, 15) is 4.79 Å². The first-order chi connectivity index (χ1) is 11.7. The minimum atomic E-state index is -0.0900. The number of urea groups is 1. The molecule has 0 aliphatic carbocycles. The molecule has 2 aliphatic rings. The first-order valence-electron chi connectivity index (χ1n) is 8.37. The molecule has 0 atom stereocenters. The van der Waals surface area contributed by atoms with E-state index >= 15 is 0 Å². The Labute approximate surface area is 141 Å². The minimum absolute atomic E-state index is 0.0900. The Morgan fingerprint density at radius 3 is 2.12 bits per heavy atom. The van der Waals surface area contributed by atoms with Crippen molar-refractivity contribution in [1.29, 1.82) is 0 Å². The van der Waals surface area contributed by atoms with Crippen molar-refractivity contribution in [2.45, 2.75) is 18.9 Å². The van der Waals surface area contributed by atoms with Gasteiger partial charge >= 0.3 is 6.03 Å². The van der Waals surface area contributed by atoms with Crippen LogP contribution in [0.25, 0.3) is 0 Å². The van der Waals surface area contributed by atoms with Crippen LogP contribution in [0.5, 0.6) is 11.5 Å². The lowest BCUT2D eigenvalue weighted by Gasteiger charge is -2.34. The number of nitrogens with one attached hydrogen (secondary N) is 1. The largest absolute Gasteiger partial charge is 0.453 e. The lowest BCUT2D eigenvalue weighted by atomic mass is 10.1. The molecule has 2 amide bonds. The van der Waals surface area contributed by atoms with Crippen molar-refractivity contribution in [3.05, 3.63) is 48.5 Å². The van der Waals surface area contributed by atoms with E-state index in [4.69, 9.17) is 4.74 Å². The lowest BCUT2D eigenvalue weighted by molar-refractivity contribution is 0.219. The van der Waals surface area contributed by atoms with Gasteiger partial charge in [-0.2, -0.15) is 0 Å². The van der Waals surface area contributed by atoms with Crippen LogP contribution in [0.1, 0.15) is 12.8 Å². The fourth-order valence-electron chi connectivity index (χ4n) is 3.32. The Balaban J connectivity index is 1.63. The first-order valence-corrected chi connectivity index (χ1v) is 8.37. The molecule has 5 nitrogen and oxygen atoms in total. The van der Waals surface area contributed by atoms with Gasteiger partial charge in [-0.15, -0.1) is 0 Å². The van der Waals surface area contributed by atoms with Gasteiger partial charge in [-0.1, -0.05) is 24.3 Å². The maximum atomic E-state index is 13.0. The molecule has 0 saturated carbocycles. The van der Waals surface area contributed by atoms with Crippen molar-refractivity contribution >= 4 is 17.4 Å². The number of likely N-dealkylation sites (tertiary alicyclic amines) is 1. The quantitative estimate of drug-likeness (QED) is 0.869. The van der Waals surface area contributed by atoms with Crippen molar-refractivity contribution in [3.8, 4) is 11.5 Å². The zero-order valence-electron chi connectivity index (χ0n) is 13.7. The summed E-state index contributed by atoms with van der Waals surface area (Å²) in [7, 11) is 2.12. The van der Waals surface area contributed by atoms with Crippen LogP contribution in [-0.4, -0.2) is 37.1 Å². The van der Waals surface area contributed by atoms with Crippen molar-refractivity contribution in [2.75, 3.05) is 25.0 Å². The third-order valence-electron chi connectivity index (χ3n) is 4.68. The predicted octanol–water partition coefficient (Wildman–Crippen LogP) is 3.73. The molecule has 4 rings (SSSR count). The molecule has 0 aromatic heterocycles. The molecule has 1 saturated heterocycles. The van der Waals surface area contributed by atoms with E-state index in [1.807, 2.05) is 48.5 Å². The van der Waals surface area contributed by atoms with Gasteiger partial charge in [0.25, 0.3) is 0 Å². The van der Waals surface area contributed by atoms with Crippen LogP contribution in [0, 0.1) is 0 Å². The maximum absolute atomic E-state index is 13.0. The standard InChI is InChI=1S/C19H21N3O2/c1-21-12-10-14(11-13-21)20-19(23)22-15-6-2-4-8-17(15)24-18-9-5-3-7-16(18)22/h2-9,14H,10-13H2,1H3,(H,20,23). The van der Waals surface area contributed by atoms with Crippen molar-refractivity contribution < 1.29 is 9.53 Å². The van der Waals surface area contributed by atoms with E-state index in [0.29, 0.717) is 11.5 Å². The van der Waals surface area contributed by atoms with E-state index < -0.39 is 0 Å². The van der Waals surface area contributed by atoms with Gasteiger partial charge in [0.15, 0.2) is 11.5 Å². The highest BCUT2D eigenvalue weighted by atomic mass is 16.5. The molecular weight excluding hydrogens is 302 g/mol. The van der Waals surface area contributed by atoms with Crippen LogP contribution in [0.2, 0.25) is 0 Å². The minimum Gasteiger partial charge on any atom is -0.453 e. The highest BCUT2D eigenvalue weighted by molar-refractivity contribution is 6.03. The molecule has 2 aliphatic heterocycles. The normalized spacial score (nSPS) is 17.6. The van der Waals surface area contributed by atoms with Gasteiger partial charge in [0.1, 0.15) is 0 Å². The number of benzene rings is 2. The van der Waals surface area contributed by atoms with E-state index in [1.54, 1.807) is 4.90 Å². The summed E-state index contributed by atoms with van der Waals surface area (Å²) >= 11 is 0. The Bertz CT molecular complexity index is 708. The Hall–Kier alpha value is -2.53. The summed E-state index contributed by atoms with van der Waals surface area (Å²) in [6.07, 6.45) is 1.96. The van der Waals surface area contributed by atoms with Gasteiger partial charge in [-0.05, 0) is 57.2 Å². The van der Waals surface area contributed by atoms with Crippen LogP contribution in [-0.2, 0) is 0 Å². The molecule has 5 heteroatoms. The summed E-state index contributed by atoms with van der Waals surface area (Å²) < 4.78 is 5.93. The molecule has 2 heterocycles. The first kappa shape index (κ1) is 15.0. The van der Waals surface area contributed by atoms with Crippen LogP contribution in [0.15, 0.2) is 48.5 Å². The molecular formula is C19H21N3O2. The van der Waals surface area contributed by atoms with E-state index in [1.165, 1.54) is 0 Å². The predicted molar refractivity (Wildman–Crippen MR) is 94.1 cm³/mol. The number of rotatable bonds is 1. The number of nitrogens with zero attached hydrogens (tertiary/aromatic N) is 2. The average molecular weight is 323 g/mol. The molecule has 0 spiro atoms. The summed E-state index contributed by atoms with van der Waals surface area (Å²) in [6, 6.07) is 15.4. The number of carbonyl (C=O) groups excluding carboxylic acids is 1. The number of anilines is 2. The summed E-state index contributed by atoms with van der Waals surface area (Å²) in [5.74, 6) is 1.41.